The summed E-state index contributed by atoms with van der Waals surface area (Å²) < 4.78 is 6.49. The average Bonchev–Trinajstić information content (AvgIpc) is 3.34. The minimum atomic E-state index is -0.991. The van der Waals surface area contributed by atoms with Crippen molar-refractivity contribution in [1.29, 1.82) is 0 Å². The van der Waals surface area contributed by atoms with Crippen LogP contribution in [-0.4, -0.2) is 23.8 Å². The summed E-state index contributed by atoms with van der Waals surface area (Å²) in [5.74, 6) is 0. The van der Waals surface area contributed by atoms with Crippen molar-refractivity contribution in [2.24, 2.45) is 0 Å². The van der Waals surface area contributed by atoms with Gasteiger partial charge in [-0.1, -0.05) is 109 Å². The van der Waals surface area contributed by atoms with E-state index >= 15 is 0 Å². The van der Waals surface area contributed by atoms with E-state index in [1.807, 2.05) is 13.8 Å². The van der Waals surface area contributed by atoms with Gasteiger partial charge in [0.05, 0.1) is 11.2 Å². The van der Waals surface area contributed by atoms with E-state index in [0.717, 1.165) is 23.0 Å². The fraction of sp³-hybridized carbons (Fsp3) is 0.189. The molecule has 0 atom stereocenters. The Morgan fingerprint density at radius 3 is 1.90 bits per heavy atom. The van der Waals surface area contributed by atoms with Crippen LogP contribution < -0.4 is 5.46 Å². The minimum Gasteiger partial charge on any atom is -0.427 e. The molecule has 0 bridgehead atoms. The van der Waals surface area contributed by atoms with Crippen LogP contribution in [0.5, 0.6) is 0 Å². The Morgan fingerprint density at radius 1 is 0.575 bits per heavy atom. The fourth-order valence-electron chi connectivity index (χ4n) is 5.53. The van der Waals surface area contributed by atoms with E-state index in [-0.39, 0.29) is 0 Å². The van der Waals surface area contributed by atoms with Gasteiger partial charge in [-0.05, 0) is 101 Å². The van der Waals surface area contributed by atoms with E-state index in [4.69, 9.17) is 4.65 Å². The van der Waals surface area contributed by atoms with Crippen LogP contribution in [0.1, 0.15) is 38.8 Å². The lowest BCUT2D eigenvalue weighted by molar-refractivity contribution is -0.0893. The minimum absolute atomic E-state index is 0.380. The Bertz CT molecular complexity index is 1660. The summed E-state index contributed by atoms with van der Waals surface area (Å²) in [4.78, 5) is 0. The normalized spacial score (nSPS) is 12.6. The molecule has 0 saturated carbocycles. The van der Waals surface area contributed by atoms with Crippen molar-refractivity contribution >= 4 is 12.9 Å². The van der Waals surface area contributed by atoms with Gasteiger partial charge in [0.1, 0.15) is 0 Å². The number of rotatable bonds is 7. The van der Waals surface area contributed by atoms with Crippen LogP contribution in [0.3, 0.4) is 0 Å². The summed E-state index contributed by atoms with van der Waals surface area (Å²) in [5.41, 5.74) is 11.8. The zero-order chi connectivity index (χ0) is 27.9. The predicted molar refractivity (Wildman–Crippen MR) is 169 cm³/mol. The van der Waals surface area contributed by atoms with E-state index in [1.54, 1.807) is 13.8 Å². The van der Waals surface area contributed by atoms with Crippen molar-refractivity contribution in [2.75, 3.05) is 0 Å². The molecule has 1 aliphatic rings. The molecule has 2 nitrogen and oxygen atoms in total. The zero-order valence-electron chi connectivity index (χ0n) is 23.7. The third kappa shape index (κ3) is 4.92. The molecule has 0 fully saturated rings. The van der Waals surface area contributed by atoms with Crippen molar-refractivity contribution < 1.29 is 9.76 Å². The van der Waals surface area contributed by atoms with Crippen LogP contribution >= 0.6 is 0 Å². The van der Waals surface area contributed by atoms with Gasteiger partial charge in [0.15, 0.2) is 0 Å². The molecule has 0 amide bonds. The molecule has 5 aromatic carbocycles. The number of hydrogen-bond acceptors (Lipinski definition) is 2. The van der Waals surface area contributed by atoms with Crippen molar-refractivity contribution in [3.05, 3.63) is 126 Å². The van der Waals surface area contributed by atoms with Crippen molar-refractivity contribution in [2.45, 2.75) is 45.3 Å². The molecule has 0 radical (unpaired) electrons. The van der Waals surface area contributed by atoms with E-state index < -0.39 is 11.2 Å². The first-order chi connectivity index (χ1) is 19.2. The van der Waals surface area contributed by atoms with E-state index in [1.165, 1.54) is 44.5 Å². The highest BCUT2D eigenvalue weighted by atomic mass is 16.5. The third-order valence-corrected chi connectivity index (χ3v) is 8.56. The summed E-state index contributed by atoms with van der Waals surface area (Å²) in [7, 11) is 0.380. The van der Waals surface area contributed by atoms with Gasteiger partial charge in [-0.15, -0.1) is 0 Å². The highest BCUT2D eigenvalue weighted by Crippen LogP contribution is 2.41. The third-order valence-electron chi connectivity index (χ3n) is 8.56. The maximum atomic E-state index is 10.8. The molecule has 0 heterocycles. The number of fused-ring (bicyclic) bond motifs is 3. The summed E-state index contributed by atoms with van der Waals surface area (Å²) in [6, 6.07) is 41.4. The Balaban J connectivity index is 1.55. The lowest BCUT2D eigenvalue weighted by Crippen LogP contribution is -2.49. The smallest absolute Gasteiger partial charge is 0.310 e. The molecule has 5 aromatic rings. The molecule has 0 spiro atoms. The van der Waals surface area contributed by atoms with Crippen LogP contribution in [-0.2, 0) is 11.1 Å². The van der Waals surface area contributed by atoms with Gasteiger partial charge >= 0.3 is 7.48 Å². The van der Waals surface area contributed by atoms with Crippen LogP contribution in [0.2, 0.25) is 0 Å². The molecule has 1 N–H and O–H groups in total. The van der Waals surface area contributed by atoms with Crippen LogP contribution in [0.15, 0.2) is 115 Å². The average molecular weight is 522 g/mol. The van der Waals surface area contributed by atoms with Crippen molar-refractivity contribution in [3.8, 4) is 44.5 Å². The Hall–Kier alpha value is -3.92. The van der Waals surface area contributed by atoms with Crippen molar-refractivity contribution in [3.63, 3.8) is 0 Å². The molecule has 0 saturated heterocycles. The van der Waals surface area contributed by atoms with Gasteiger partial charge < -0.3 is 9.76 Å². The molecule has 3 heteroatoms. The predicted octanol–water partition coefficient (Wildman–Crippen LogP) is 7.80. The molecule has 1 aliphatic carbocycles. The summed E-state index contributed by atoms with van der Waals surface area (Å²) in [6.45, 7) is 7.52. The molecule has 0 aliphatic heterocycles. The van der Waals surface area contributed by atoms with Gasteiger partial charge in [-0.25, -0.2) is 0 Å². The Morgan fingerprint density at radius 2 is 1.20 bits per heavy atom. The Kier molecular flexibility index (Phi) is 6.74. The fourth-order valence-corrected chi connectivity index (χ4v) is 5.53. The van der Waals surface area contributed by atoms with Crippen molar-refractivity contribution in [1.82, 2.24) is 0 Å². The standard InChI is InChI=1S/C37H35BO2/c1-36(2,39)37(3,4)40-38-34-24-29(25-13-7-5-8-14-25)23-33(35(34)26-15-9-6-10-16-26)28-19-20-32-30(22-28)21-27-17-11-12-18-31(27)32/h5-20,22-24,38-39H,21H2,1-4H3. The molecule has 40 heavy (non-hydrogen) atoms. The second-order valence-corrected chi connectivity index (χ2v) is 11.9. The lowest BCUT2D eigenvalue weighted by Gasteiger charge is -2.38. The maximum Gasteiger partial charge on any atom is 0.310 e. The summed E-state index contributed by atoms with van der Waals surface area (Å²) in [5, 5.41) is 10.8. The van der Waals surface area contributed by atoms with Gasteiger partial charge in [-0.3, -0.25) is 0 Å². The van der Waals surface area contributed by atoms with Gasteiger partial charge in [0.25, 0.3) is 0 Å². The molecule has 0 unspecified atom stereocenters. The zero-order valence-corrected chi connectivity index (χ0v) is 23.7. The number of benzene rings is 5. The first-order valence-corrected chi connectivity index (χ1v) is 14.1. The molecular formula is C37H35BO2. The van der Waals surface area contributed by atoms with Crippen LogP contribution in [0.4, 0.5) is 0 Å². The van der Waals surface area contributed by atoms with E-state index in [2.05, 4.69) is 115 Å². The Labute approximate surface area is 238 Å². The van der Waals surface area contributed by atoms with Crippen LogP contribution in [0.25, 0.3) is 44.5 Å². The molecule has 0 aromatic heterocycles. The van der Waals surface area contributed by atoms with Gasteiger partial charge in [0.2, 0.25) is 0 Å². The lowest BCUT2D eigenvalue weighted by atomic mass is 9.74. The molecule has 198 valence electrons. The first-order valence-electron chi connectivity index (χ1n) is 14.1. The van der Waals surface area contributed by atoms with Gasteiger partial charge in [0, 0.05) is 0 Å². The van der Waals surface area contributed by atoms with Gasteiger partial charge in [-0.2, -0.15) is 0 Å². The highest BCUT2D eigenvalue weighted by Gasteiger charge is 2.36. The second kappa shape index (κ2) is 10.2. The van der Waals surface area contributed by atoms with E-state index in [0.29, 0.717) is 7.48 Å². The maximum absolute atomic E-state index is 10.8. The molecule has 6 rings (SSSR count). The largest absolute Gasteiger partial charge is 0.427 e. The summed E-state index contributed by atoms with van der Waals surface area (Å²) in [6.07, 6.45) is 0.953. The van der Waals surface area contributed by atoms with E-state index in [9.17, 15) is 5.11 Å². The monoisotopic (exact) mass is 522 g/mol. The van der Waals surface area contributed by atoms with Crippen LogP contribution in [0, 0.1) is 0 Å². The molecular weight excluding hydrogens is 487 g/mol. The quantitative estimate of drug-likeness (QED) is 0.217. The highest BCUT2D eigenvalue weighted by molar-refractivity contribution is 6.50. The number of aliphatic hydroxyl groups is 1. The second-order valence-electron chi connectivity index (χ2n) is 11.9. The first kappa shape index (κ1) is 26.3. The number of hydrogen-bond donors (Lipinski definition) is 1. The summed E-state index contributed by atoms with van der Waals surface area (Å²) >= 11 is 0. The SMILES string of the molecule is CC(C)(O)C(C)(C)OBc1cc(-c2ccccc2)cc(-c2ccc3c(c2)Cc2ccccc2-3)c1-c1ccccc1. The topological polar surface area (TPSA) is 29.5 Å².